The molecule has 2 aromatic carbocycles. The molecule has 0 radical (unpaired) electrons. The number of ether oxygens (including phenoxy) is 3. The van der Waals surface area contributed by atoms with Gasteiger partial charge in [-0.25, -0.2) is 4.79 Å². The maximum Gasteiger partial charge on any atom is 0.387 e. The average molecular weight is 393 g/mol. The summed E-state index contributed by atoms with van der Waals surface area (Å²) in [5.41, 5.74) is 0.359. The summed E-state index contributed by atoms with van der Waals surface area (Å²) in [4.78, 5) is 35.7. The molecule has 9 heteroatoms. The van der Waals surface area contributed by atoms with Crippen molar-refractivity contribution in [2.45, 2.75) is 13.0 Å². The molecule has 148 valence electrons. The fourth-order valence-electron chi connectivity index (χ4n) is 2.27. The molecule has 0 aliphatic rings. The molecule has 28 heavy (non-hydrogen) atoms. The third-order valence-electron chi connectivity index (χ3n) is 3.45. The lowest BCUT2D eigenvalue weighted by molar-refractivity contribution is -0.132. The number of benzene rings is 2. The normalized spacial score (nSPS) is 10.3. The molecule has 0 aliphatic carbocycles. The van der Waals surface area contributed by atoms with Gasteiger partial charge in [-0.2, -0.15) is 8.78 Å². The number of rotatable bonds is 8. The first-order chi connectivity index (χ1) is 13.4. The molecule has 0 atom stereocenters. The summed E-state index contributed by atoms with van der Waals surface area (Å²) in [5.74, 6) is -3.12. The molecule has 0 aromatic heterocycles. The Morgan fingerprint density at radius 2 is 1.71 bits per heavy atom. The van der Waals surface area contributed by atoms with Crippen molar-refractivity contribution in [3.8, 4) is 11.5 Å². The van der Waals surface area contributed by atoms with Crippen LogP contribution in [-0.2, 0) is 20.7 Å². The summed E-state index contributed by atoms with van der Waals surface area (Å²) in [7, 11) is 1.22. The van der Waals surface area contributed by atoms with Gasteiger partial charge in [0.1, 0.15) is 5.56 Å². The first-order valence-corrected chi connectivity index (χ1v) is 8.06. The standard InChI is InChI=1S/C19H17F2NO6/c1-26-14-9-5-8-13(17(14)28-19(20)21)18(25)27-11-16(24)22-15(23)10-12-6-3-2-4-7-12/h2-9,19H,10-11H2,1H3,(H,22,23,24). The minimum absolute atomic E-state index is 0.0250. The molecule has 0 saturated carbocycles. The molecule has 2 rings (SSSR count). The van der Waals surface area contributed by atoms with E-state index in [1.807, 2.05) is 0 Å². The van der Waals surface area contributed by atoms with Crippen LogP contribution in [0.3, 0.4) is 0 Å². The van der Waals surface area contributed by atoms with E-state index in [-0.39, 0.29) is 17.7 Å². The SMILES string of the molecule is COc1cccc(C(=O)OCC(=O)NC(=O)Cc2ccccc2)c1OC(F)F. The molecule has 0 fully saturated rings. The number of nitrogens with one attached hydrogen (secondary N) is 1. The van der Waals surface area contributed by atoms with Crippen molar-refractivity contribution >= 4 is 17.8 Å². The molecular formula is C19H17F2NO6. The highest BCUT2D eigenvalue weighted by atomic mass is 19.3. The summed E-state index contributed by atoms with van der Waals surface area (Å²) in [6.07, 6.45) is -0.0250. The van der Waals surface area contributed by atoms with E-state index in [1.54, 1.807) is 30.3 Å². The number of hydrogen-bond donors (Lipinski definition) is 1. The summed E-state index contributed by atoms with van der Waals surface area (Å²) < 4.78 is 39.1. The van der Waals surface area contributed by atoms with Crippen LogP contribution in [0.2, 0.25) is 0 Å². The molecule has 0 bridgehead atoms. The van der Waals surface area contributed by atoms with Crippen LogP contribution >= 0.6 is 0 Å². The van der Waals surface area contributed by atoms with Gasteiger partial charge in [-0.15, -0.1) is 0 Å². The first kappa shape index (κ1) is 20.8. The predicted octanol–water partition coefficient (Wildman–Crippen LogP) is 2.34. The predicted molar refractivity (Wildman–Crippen MR) is 93.2 cm³/mol. The highest BCUT2D eigenvalue weighted by Crippen LogP contribution is 2.32. The van der Waals surface area contributed by atoms with Gasteiger partial charge >= 0.3 is 12.6 Å². The molecule has 2 amide bonds. The van der Waals surface area contributed by atoms with Crippen molar-refractivity contribution in [2.75, 3.05) is 13.7 Å². The van der Waals surface area contributed by atoms with Crippen LogP contribution in [0.4, 0.5) is 8.78 Å². The van der Waals surface area contributed by atoms with E-state index in [4.69, 9.17) is 9.47 Å². The number of para-hydroxylation sites is 1. The van der Waals surface area contributed by atoms with Gasteiger partial charge in [-0.3, -0.25) is 14.9 Å². The monoisotopic (exact) mass is 393 g/mol. The Morgan fingerprint density at radius 1 is 1.00 bits per heavy atom. The van der Waals surface area contributed by atoms with Gasteiger partial charge in [0.25, 0.3) is 5.91 Å². The van der Waals surface area contributed by atoms with Crippen molar-refractivity contribution in [1.82, 2.24) is 5.32 Å². The van der Waals surface area contributed by atoms with Crippen LogP contribution in [0.5, 0.6) is 11.5 Å². The largest absolute Gasteiger partial charge is 0.493 e. The number of carbonyl (C=O) groups excluding carboxylic acids is 3. The van der Waals surface area contributed by atoms with E-state index in [2.05, 4.69) is 10.1 Å². The van der Waals surface area contributed by atoms with E-state index in [9.17, 15) is 23.2 Å². The summed E-state index contributed by atoms with van der Waals surface area (Å²) in [5, 5.41) is 2.07. The second kappa shape index (κ2) is 10.0. The van der Waals surface area contributed by atoms with Crippen molar-refractivity contribution < 1.29 is 37.4 Å². The highest BCUT2D eigenvalue weighted by Gasteiger charge is 2.22. The zero-order valence-corrected chi connectivity index (χ0v) is 14.8. The molecule has 1 N–H and O–H groups in total. The van der Waals surface area contributed by atoms with Crippen LogP contribution < -0.4 is 14.8 Å². The molecule has 0 unspecified atom stereocenters. The van der Waals surface area contributed by atoms with Gasteiger partial charge in [0.05, 0.1) is 13.5 Å². The van der Waals surface area contributed by atoms with Gasteiger partial charge in [0.2, 0.25) is 5.91 Å². The Kier molecular flexibility index (Phi) is 7.44. The molecule has 0 aliphatic heterocycles. The number of esters is 1. The number of halogens is 2. The number of alkyl halides is 2. The Labute approximate surface area is 159 Å². The highest BCUT2D eigenvalue weighted by molar-refractivity contribution is 5.99. The molecule has 0 spiro atoms. The Morgan fingerprint density at radius 3 is 2.36 bits per heavy atom. The van der Waals surface area contributed by atoms with Crippen LogP contribution in [0, 0.1) is 0 Å². The van der Waals surface area contributed by atoms with Gasteiger partial charge in [-0.1, -0.05) is 36.4 Å². The lowest BCUT2D eigenvalue weighted by Crippen LogP contribution is -2.35. The number of carbonyl (C=O) groups is 3. The quantitative estimate of drug-likeness (QED) is 0.693. The number of methoxy groups -OCH3 is 1. The third kappa shape index (κ3) is 6.04. The number of hydrogen-bond acceptors (Lipinski definition) is 6. The lowest BCUT2D eigenvalue weighted by Gasteiger charge is -2.13. The summed E-state index contributed by atoms with van der Waals surface area (Å²) in [6, 6.07) is 12.6. The van der Waals surface area contributed by atoms with Gasteiger partial charge < -0.3 is 14.2 Å². The van der Waals surface area contributed by atoms with Crippen molar-refractivity contribution in [3.05, 3.63) is 59.7 Å². The van der Waals surface area contributed by atoms with E-state index >= 15 is 0 Å². The molecule has 7 nitrogen and oxygen atoms in total. The first-order valence-electron chi connectivity index (χ1n) is 8.06. The molecule has 0 saturated heterocycles. The fourth-order valence-corrected chi connectivity index (χ4v) is 2.27. The second-order valence-electron chi connectivity index (χ2n) is 5.43. The third-order valence-corrected chi connectivity index (χ3v) is 3.45. The van der Waals surface area contributed by atoms with Gasteiger partial charge in [0, 0.05) is 0 Å². The molecule has 2 aromatic rings. The van der Waals surface area contributed by atoms with E-state index in [0.29, 0.717) is 5.56 Å². The van der Waals surface area contributed by atoms with E-state index in [0.717, 1.165) is 0 Å². The van der Waals surface area contributed by atoms with Crippen LogP contribution in [0.1, 0.15) is 15.9 Å². The maximum absolute atomic E-state index is 12.6. The minimum Gasteiger partial charge on any atom is -0.493 e. The zero-order valence-electron chi connectivity index (χ0n) is 14.8. The fraction of sp³-hybridized carbons (Fsp3) is 0.211. The summed E-state index contributed by atoms with van der Waals surface area (Å²) >= 11 is 0. The van der Waals surface area contributed by atoms with Crippen LogP contribution in [-0.4, -0.2) is 38.1 Å². The van der Waals surface area contributed by atoms with Gasteiger partial charge in [-0.05, 0) is 17.7 Å². The lowest BCUT2D eigenvalue weighted by atomic mass is 10.1. The number of imide groups is 1. The zero-order chi connectivity index (χ0) is 20.5. The number of amides is 2. The Hall–Kier alpha value is -3.49. The van der Waals surface area contributed by atoms with Crippen LogP contribution in [0.25, 0.3) is 0 Å². The Bertz CT molecular complexity index is 842. The molecular weight excluding hydrogens is 376 g/mol. The molecule has 0 heterocycles. The smallest absolute Gasteiger partial charge is 0.387 e. The topological polar surface area (TPSA) is 90.9 Å². The van der Waals surface area contributed by atoms with Crippen molar-refractivity contribution in [3.63, 3.8) is 0 Å². The second-order valence-corrected chi connectivity index (χ2v) is 5.43. The Balaban J connectivity index is 1.94. The summed E-state index contributed by atoms with van der Waals surface area (Å²) in [6.45, 7) is -3.97. The minimum atomic E-state index is -3.19. The van der Waals surface area contributed by atoms with Crippen molar-refractivity contribution in [1.29, 1.82) is 0 Å². The van der Waals surface area contributed by atoms with E-state index in [1.165, 1.54) is 25.3 Å². The van der Waals surface area contributed by atoms with Gasteiger partial charge in [0.15, 0.2) is 18.1 Å². The maximum atomic E-state index is 12.6. The van der Waals surface area contributed by atoms with E-state index < -0.39 is 36.8 Å². The van der Waals surface area contributed by atoms with Crippen molar-refractivity contribution in [2.24, 2.45) is 0 Å². The van der Waals surface area contributed by atoms with Crippen LogP contribution in [0.15, 0.2) is 48.5 Å². The average Bonchev–Trinajstić information content (AvgIpc) is 2.66.